The topological polar surface area (TPSA) is 116 Å². The summed E-state index contributed by atoms with van der Waals surface area (Å²) in [6.45, 7) is 4.40. The molecule has 2 N–H and O–H groups in total. The number of hydrogen-bond acceptors (Lipinski definition) is 8. The molecule has 1 aromatic heterocycles. The highest BCUT2D eigenvalue weighted by Gasteiger charge is 2.37. The number of pyridine rings is 1. The Morgan fingerprint density at radius 2 is 2.00 bits per heavy atom. The maximum atomic E-state index is 12.9. The Labute approximate surface area is 195 Å². The second-order valence-electron chi connectivity index (χ2n) is 8.73. The number of nitrogens with one attached hydrogen (secondary N) is 1. The molecule has 0 radical (unpaired) electrons. The van der Waals surface area contributed by atoms with Gasteiger partial charge in [0.05, 0.1) is 19.3 Å². The minimum atomic E-state index is -0.871. The van der Waals surface area contributed by atoms with Gasteiger partial charge >= 0.3 is 5.97 Å². The number of nitrogens with zero attached hydrogens (tertiary/aromatic N) is 1. The predicted octanol–water partition coefficient (Wildman–Crippen LogP) is 3.13. The summed E-state index contributed by atoms with van der Waals surface area (Å²) in [4.78, 5) is 29.6. The number of amides is 1. The Morgan fingerprint density at radius 3 is 2.70 bits per heavy atom. The third-order valence-corrected chi connectivity index (χ3v) is 6.21. The van der Waals surface area contributed by atoms with E-state index >= 15 is 0 Å². The van der Waals surface area contributed by atoms with Crippen LogP contribution in [0.4, 0.5) is 0 Å². The number of rotatable bonds is 8. The average Bonchev–Trinajstić information content (AvgIpc) is 3.32. The van der Waals surface area contributed by atoms with E-state index in [9.17, 15) is 14.7 Å². The first-order valence-electron chi connectivity index (χ1n) is 11.9. The van der Waals surface area contributed by atoms with Gasteiger partial charge in [-0.3, -0.25) is 4.79 Å². The molecule has 184 valence electrons. The number of ether oxygens (including phenoxy) is 4. The molecule has 2 aliphatic rings. The fraction of sp³-hybridized carbons (Fsp3) is 0.708. The lowest BCUT2D eigenvalue weighted by molar-refractivity contribution is -0.171. The Hall–Kier alpha value is -2.39. The third kappa shape index (κ3) is 6.57. The van der Waals surface area contributed by atoms with Gasteiger partial charge in [-0.1, -0.05) is 19.8 Å². The standard InChI is InChI=1S/C24H36N2O7/c1-4-14-31-22-15(2)32-24(29)17(10-7-11-19(22)33-16-8-5-6-9-16)26-23(28)20-21(27)18(30-3)12-13-25-20/h12-13,15-17,19,22,27H,4-11,14H2,1-3H3,(H,26,28)/t15-,17-,19-,22-/m0/s1. The van der Waals surface area contributed by atoms with Crippen molar-refractivity contribution >= 4 is 11.9 Å². The predicted molar refractivity (Wildman–Crippen MR) is 120 cm³/mol. The summed E-state index contributed by atoms with van der Waals surface area (Å²) in [6.07, 6.45) is 7.49. The Bertz CT molecular complexity index is 797. The summed E-state index contributed by atoms with van der Waals surface area (Å²) in [7, 11) is 1.38. The molecule has 2 fully saturated rings. The SMILES string of the molecule is CCCO[C@H]1[C@H](C)OC(=O)[C@@H](NC(=O)c2nccc(OC)c2O)CCC[C@@H]1OC1CCCC1. The van der Waals surface area contributed by atoms with Crippen LogP contribution >= 0.6 is 0 Å². The molecule has 1 amide bonds. The van der Waals surface area contributed by atoms with Gasteiger partial charge in [-0.25, -0.2) is 9.78 Å². The first kappa shape index (κ1) is 25.2. The van der Waals surface area contributed by atoms with Gasteiger partial charge in [0, 0.05) is 18.9 Å². The van der Waals surface area contributed by atoms with Crippen molar-refractivity contribution in [2.45, 2.75) is 95.7 Å². The molecule has 0 bridgehead atoms. The maximum absolute atomic E-state index is 12.9. The summed E-state index contributed by atoms with van der Waals surface area (Å²) in [5.41, 5.74) is -0.207. The minimum Gasteiger partial charge on any atom is -0.503 e. The van der Waals surface area contributed by atoms with Gasteiger partial charge < -0.3 is 29.4 Å². The number of carbonyl (C=O) groups is 2. The van der Waals surface area contributed by atoms with Crippen molar-refractivity contribution in [2.75, 3.05) is 13.7 Å². The highest BCUT2D eigenvalue weighted by Crippen LogP contribution is 2.29. The molecule has 1 aromatic rings. The van der Waals surface area contributed by atoms with E-state index in [0.29, 0.717) is 25.9 Å². The van der Waals surface area contributed by atoms with Crippen molar-refractivity contribution < 1.29 is 33.6 Å². The van der Waals surface area contributed by atoms with Gasteiger partial charge in [-0.15, -0.1) is 0 Å². The molecule has 33 heavy (non-hydrogen) atoms. The molecular formula is C24H36N2O7. The minimum absolute atomic E-state index is 0.128. The van der Waals surface area contributed by atoms with E-state index in [4.69, 9.17) is 18.9 Å². The molecular weight excluding hydrogens is 428 g/mol. The molecule has 4 atom stereocenters. The fourth-order valence-electron chi connectivity index (χ4n) is 4.48. The first-order chi connectivity index (χ1) is 15.9. The number of carbonyl (C=O) groups excluding carboxylic acids is 2. The second kappa shape index (κ2) is 12.2. The van der Waals surface area contributed by atoms with Crippen molar-refractivity contribution in [1.82, 2.24) is 10.3 Å². The highest BCUT2D eigenvalue weighted by molar-refractivity contribution is 5.97. The van der Waals surface area contributed by atoms with Crippen LogP contribution in [0, 0.1) is 0 Å². The number of hydrogen-bond donors (Lipinski definition) is 2. The Kier molecular flexibility index (Phi) is 9.31. The molecule has 9 nitrogen and oxygen atoms in total. The molecule has 0 spiro atoms. The molecule has 9 heteroatoms. The highest BCUT2D eigenvalue weighted by atomic mass is 16.6. The summed E-state index contributed by atoms with van der Waals surface area (Å²) < 4.78 is 23.3. The zero-order chi connectivity index (χ0) is 23.8. The van der Waals surface area contributed by atoms with Gasteiger partial charge in [0.2, 0.25) is 0 Å². The largest absolute Gasteiger partial charge is 0.503 e. The lowest BCUT2D eigenvalue weighted by Gasteiger charge is -2.32. The fourth-order valence-corrected chi connectivity index (χ4v) is 4.48. The molecule has 1 aliphatic carbocycles. The number of aromatic hydroxyl groups is 1. The number of cyclic esters (lactones) is 1. The van der Waals surface area contributed by atoms with Crippen LogP contribution in [-0.2, 0) is 19.0 Å². The molecule has 1 aliphatic heterocycles. The van der Waals surface area contributed by atoms with Gasteiger partial charge in [0.1, 0.15) is 18.2 Å². The zero-order valence-electron chi connectivity index (χ0n) is 19.7. The van der Waals surface area contributed by atoms with Crippen LogP contribution in [0.5, 0.6) is 11.5 Å². The van der Waals surface area contributed by atoms with Crippen molar-refractivity contribution in [2.24, 2.45) is 0 Å². The van der Waals surface area contributed by atoms with Crippen molar-refractivity contribution in [3.8, 4) is 11.5 Å². The third-order valence-electron chi connectivity index (χ3n) is 6.21. The molecule has 3 rings (SSSR count). The second-order valence-corrected chi connectivity index (χ2v) is 8.73. The molecule has 1 saturated carbocycles. The van der Waals surface area contributed by atoms with Gasteiger partial charge in [-0.2, -0.15) is 0 Å². The van der Waals surface area contributed by atoms with Gasteiger partial charge in [0.15, 0.2) is 17.2 Å². The molecule has 2 heterocycles. The maximum Gasteiger partial charge on any atom is 0.329 e. The summed E-state index contributed by atoms with van der Waals surface area (Å²) in [6, 6.07) is 0.576. The monoisotopic (exact) mass is 464 g/mol. The summed E-state index contributed by atoms with van der Waals surface area (Å²) >= 11 is 0. The van der Waals surface area contributed by atoms with Crippen molar-refractivity contribution in [3.63, 3.8) is 0 Å². The van der Waals surface area contributed by atoms with Crippen LogP contribution in [0.2, 0.25) is 0 Å². The van der Waals surface area contributed by atoms with E-state index in [1.54, 1.807) is 0 Å². The number of aromatic nitrogens is 1. The van der Waals surface area contributed by atoms with Crippen LogP contribution in [0.3, 0.4) is 0 Å². The molecule has 0 unspecified atom stereocenters. The summed E-state index contributed by atoms with van der Waals surface area (Å²) in [5.74, 6) is -1.45. The lowest BCUT2D eigenvalue weighted by Crippen LogP contribution is -2.46. The van der Waals surface area contributed by atoms with E-state index in [1.165, 1.54) is 32.2 Å². The molecule has 0 aromatic carbocycles. The average molecular weight is 465 g/mol. The van der Waals surface area contributed by atoms with E-state index in [0.717, 1.165) is 19.3 Å². The smallest absolute Gasteiger partial charge is 0.329 e. The van der Waals surface area contributed by atoms with Crippen molar-refractivity contribution in [3.05, 3.63) is 18.0 Å². The van der Waals surface area contributed by atoms with Gasteiger partial charge in [0.25, 0.3) is 5.91 Å². The Balaban J connectivity index is 1.72. The van der Waals surface area contributed by atoms with Crippen LogP contribution in [-0.4, -0.2) is 66.1 Å². The summed E-state index contributed by atoms with van der Waals surface area (Å²) in [5, 5.41) is 12.9. The Morgan fingerprint density at radius 1 is 1.24 bits per heavy atom. The van der Waals surface area contributed by atoms with Gasteiger partial charge in [-0.05, 0) is 45.4 Å². The van der Waals surface area contributed by atoms with Crippen LogP contribution in [0.1, 0.15) is 75.7 Å². The van der Waals surface area contributed by atoms with E-state index in [2.05, 4.69) is 10.3 Å². The van der Waals surface area contributed by atoms with Crippen LogP contribution < -0.4 is 10.1 Å². The van der Waals surface area contributed by atoms with E-state index < -0.39 is 24.0 Å². The number of methoxy groups -OCH3 is 1. The van der Waals surface area contributed by atoms with E-state index in [1.807, 2.05) is 13.8 Å². The van der Waals surface area contributed by atoms with E-state index in [-0.39, 0.29) is 35.5 Å². The number of esters is 1. The van der Waals surface area contributed by atoms with Crippen LogP contribution in [0.15, 0.2) is 12.3 Å². The first-order valence-corrected chi connectivity index (χ1v) is 11.9. The normalized spacial score (nSPS) is 26.7. The quantitative estimate of drug-likeness (QED) is 0.564. The lowest BCUT2D eigenvalue weighted by atomic mass is 10.0. The van der Waals surface area contributed by atoms with Crippen molar-refractivity contribution in [1.29, 1.82) is 0 Å². The zero-order valence-corrected chi connectivity index (χ0v) is 19.7. The molecule has 1 saturated heterocycles. The van der Waals surface area contributed by atoms with Crippen LogP contribution in [0.25, 0.3) is 0 Å².